The van der Waals surface area contributed by atoms with E-state index in [1.54, 1.807) is 0 Å². The third-order valence-corrected chi connectivity index (χ3v) is 3.95. The Morgan fingerprint density at radius 2 is 1.06 bits per heavy atom. The van der Waals surface area contributed by atoms with Crippen LogP contribution in [0.1, 0.15) is 98.3 Å². The van der Waals surface area contributed by atoms with E-state index < -0.39 is 0 Å². The van der Waals surface area contributed by atoms with Crippen LogP contribution >= 0.6 is 0 Å². The molecule has 0 aliphatic carbocycles. The number of hydrogen-bond donors (Lipinski definition) is 0. The van der Waals surface area contributed by atoms with Crippen molar-refractivity contribution in [1.82, 2.24) is 0 Å². The monoisotopic (exact) mass is 253 g/mol. The Morgan fingerprint density at radius 3 is 1.50 bits per heavy atom. The lowest BCUT2D eigenvalue weighted by atomic mass is 9.83. The van der Waals surface area contributed by atoms with Gasteiger partial charge >= 0.3 is 0 Å². The third-order valence-electron chi connectivity index (χ3n) is 3.95. The summed E-state index contributed by atoms with van der Waals surface area (Å²) in [6.45, 7) is 9.29. The second-order valence-corrected chi connectivity index (χ2v) is 5.93. The highest BCUT2D eigenvalue weighted by atomic mass is 14.2. The van der Waals surface area contributed by atoms with Gasteiger partial charge in [-0.2, -0.15) is 0 Å². The zero-order chi connectivity index (χ0) is 13.6. The summed E-state index contributed by atoms with van der Waals surface area (Å²) < 4.78 is 0. The molecule has 109 valence electrons. The Kier molecular flexibility index (Phi) is 13.4. The summed E-state index contributed by atoms with van der Waals surface area (Å²) >= 11 is 0. The summed E-state index contributed by atoms with van der Waals surface area (Å²) in [5.74, 6) is 1.79. The van der Waals surface area contributed by atoms with Gasteiger partial charge in [-0.05, 0) is 18.3 Å². The highest BCUT2D eigenvalue weighted by Gasteiger charge is 2.15. The van der Waals surface area contributed by atoms with Gasteiger partial charge in [0.15, 0.2) is 0 Å². The fourth-order valence-electron chi connectivity index (χ4n) is 3.00. The van der Waals surface area contributed by atoms with Gasteiger partial charge in [0.2, 0.25) is 0 Å². The number of rotatable bonds is 13. The zero-order valence-corrected chi connectivity index (χ0v) is 13.5. The molecule has 0 heterocycles. The van der Waals surface area contributed by atoms with E-state index in [0.29, 0.717) is 0 Å². The average molecular weight is 253 g/mol. The first-order chi connectivity index (χ1) is 8.78. The van der Waals surface area contributed by atoms with Gasteiger partial charge in [-0.15, -0.1) is 0 Å². The van der Waals surface area contributed by atoms with Gasteiger partial charge in [-0.25, -0.2) is 0 Å². The summed E-state index contributed by atoms with van der Waals surface area (Å²) in [6, 6.07) is 0. The molecule has 0 aliphatic heterocycles. The standard InChI is InChI=1S/C18H37/c1-5-9-10-11-15-18(14-8-4)16-17(12-6-2)13-7-3/h16-18H,5-15H2,1-4H3. The molecule has 1 radical (unpaired) electrons. The summed E-state index contributed by atoms with van der Waals surface area (Å²) in [5, 5.41) is 0. The van der Waals surface area contributed by atoms with Crippen LogP contribution in [0, 0.1) is 18.3 Å². The molecule has 0 nitrogen and oxygen atoms in total. The van der Waals surface area contributed by atoms with Gasteiger partial charge in [-0.1, -0.05) is 98.3 Å². The molecular formula is C18H37. The lowest BCUT2D eigenvalue weighted by Crippen LogP contribution is -2.10. The molecule has 0 fully saturated rings. The second-order valence-electron chi connectivity index (χ2n) is 5.93. The van der Waals surface area contributed by atoms with E-state index in [-0.39, 0.29) is 0 Å². The van der Waals surface area contributed by atoms with E-state index in [1.165, 1.54) is 70.6 Å². The minimum absolute atomic E-state index is 0.891. The van der Waals surface area contributed by atoms with E-state index in [2.05, 4.69) is 34.1 Å². The molecular weight excluding hydrogens is 216 g/mol. The minimum atomic E-state index is 0.891. The lowest BCUT2D eigenvalue weighted by molar-refractivity contribution is 0.387. The first-order valence-corrected chi connectivity index (χ1v) is 8.63. The molecule has 0 rings (SSSR count). The lowest BCUT2D eigenvalue weighted by Gasteiger charge is -2.22. The smallest absolute Gasteiger partial charge is 0.0324 e. The van der Waals surface area contributed by atoms with Crippen LogP contribution in [-0.4, -0.2) is 0 Å². The molecule has 0 amide bonds. The molecule has 0 heteroatoms. The fourth-order valence-corrected chi connectivity index (χ4v) is 3.00. The Morgan fingerprint density at radius 1 is 0.556 bits per heavy atom. The van der Waals surface area contributed by atoms with Gasteiger partial charge in [0.05, 0.1) is 0 Å². The van der Waals surface area contributed by atoms with Crippen molar-refractivity contribution in [2.45, 2.75) is 98.3 Å². The van der Waals surface area contributed by atoms with Crippen molar-refractivity contribution in [3.05, 3.63) is 6.42 Å². The predicted molar refractivity (Wildman–Crippen MR) is 84.8 cm³/mol. The van der Waals surface area contributed by atoms with Crippen molar-refractivity contribution in [2.24, 2.45) is 11.8 Å². The van der Waals surface area contributed by atoms with Crippen molar-refractivity contribution in [1.29, 1.82) is 0 Å². The summed E-state index contributed by atoms with van der Waals surface area (Å²) in [6.07, 6.45) is 18.1. The van der Waals surface area contributed by atoms with Gasteiger partial charge in [-0.3, -0.25) is 0 Å². The number of hydrogen-bond acceptors (Lipinski definition) is 0. The molecule has 1 unspecified atom stereocenters. The molecule has 0 saturated carbocycles. The number of unbranched alkanes of at least 4 members (excludes halogenated alkanes) is 3. The van der Waals surface area contributed by atoms with Crippen LogP contribution in [0.4, 0.5) is 0 Å². The Balaban J connectivity index is 3.96. The Bertz CT molecular complexity index is 144. The maximum absolute atomic E-state index is 2.72. The fraction of sp³-hybridized carbons (Fsp3) is 0.944. The van der Waals surface area contributed by atoms with Gasteiger partial charge in [0.25, 0.3) is 0 Å². The minimum Gasteiger partial charge on any atom is -0.0654 e. The normalized spacial score (nSPS) is 13.2. The predicted octanol–water partition coefficient (Wildman–Crippen LogP) is 6.79. The molecule has 0 spiro atoms. The third kappa shape index (κ3) is 9.97. The molecule has 0 aromatic carbocycles. The summed E-state index contributed by atoms with van der Waals surface area (Å²) in [7, 11) is 0. The zero-order valence-electron chi connectivity index (χ0n) is 13.5. The molecule has 0 aromatic heterocycles. The van der Waals surface area contributed by atoms with E-state index in [4.69, 9.17) is 0 Å². The molecule has 1 atom stereocenters. The first kappa shape index (κ1) is 18.0. The van der Waals surface area contributed by atoms with Crippen molar-refractivity contribution in [3.8, 4) is 0 Å². The van der Waals surface area contributed by atoms with Gasteiger partial charge in [0.1, 0.15) is 0 Å². The van der Waals surface area contributed by atoms with Crippen molar-refractivity contribution >= 4 is 0 Å². The van der Waals surface area contributed by atoms with Crippen LogP contribution in [-0.2, 0) is 0 Å². The largest absolute Gasteiger partial charge is 0.0654 e. The van der Waals surface area contributed by atoms with Crippen LogP contribution in [0.25, 0.3) is 0 Å². The van der Waals surface area contributed by atoms with E-state index in [0.717, 1.165) is 11.8 Å². The van der Waals surface area contributed by atoms with Crippen LogP contribution < -0.4 is 0 Å². The highest BCUT2D eigenvalue weighted by Crippen LogP contribution is 2.27. The molecule has 0 saturated heterocycles. The van der Waals surface area contributed by atoms with E-state index in [9.17, 15) is 0 Å². The second kappa shape index (κ2) is 13.4. The molecule has 18 heavy (non-hydrogen) atoms. The van der Waals surface area contributed by atoms with E-state index >= 15 is 0 Å². The van der Waals surface area contributed by atoms with Crippen LogP contribution in [0.15, 0.2) is 0 Å². The SMILES string of the molecule is CCCCCCC([CH]C(CCC)CCC)CCC. The van der Waals surface area contributed by atoms with Crippen molar-refractivity contribution in [2.75, 3.05) is 0 Å². The topological polar surface area (TPSA) is 0 Å². The average Bonchev–Trinajstić information content (AvgIpc) is 2.35. The summed E-state index contributed by atoms with van der Waals surface area (Å²) in [4.78, 5) is 0. The van der Waals surface area contributed by atoms with Crippen LogP contribution in [0.2, 0.25) is 0 Å². The Labute approximate surface area is 117 Å². The maximum Gasteiger partial charge on any atom is -0.0324 e. The Hall–Kier alpha value is 0. The van der Waals surface area contributed by atoms with Crippen molar-refractivity contribution < 1.29 is 0 Å². The molecule has 0 aliphatic rings. The van der Waals surface area contributed by atoms with E-state index in [1.807, 2.05) is 0 Å². The van der Waals surface area contributed by atoms with Crippen molar-refractivity contribution in [3.63, 3.8) is 0 Å². The maximum atomic E-state index is 2.72. The molecule has 0 N–H and O–H groups in total. The first-order valence-electron chi connectivity index (χ1n) is 8.63. The quantitative estimate of drug-likeness (QED) is 0.317. The van der Waals surface area contributed by atoms with Crippen LogP contribution in [0.5, 0.6) is 0 Å². The van der Waals surface area contributed by atoms with Gasteiger partial charge < -0.3 is 0 Å². The molecule has 0 aromatic rings. The molecule has 0 bridgehead atoms. The van der Waals surface area contributed by atoms with Gasteiger partial charge in [0, 0.05) is 0 Å². The highest BCUT2D eigenvalue weighted by molar-refractivity contribution is 4.83. The summed E-state index contributed by atoms with van der Waals surface area (Å²) in [5.41, 5.74) is 0. The van der Waals surface area contributed by atoms with Crippen LogP contribution in [0.3, 0.4) is 0 Å².